The number of aliphatic hydroxyl groups is 1. The van der Waals surface area contributed by atoms with Gasteiger partial charge in [-0.15, -0.1) is 0 Å². The first kappa shape index (κ1) is 18.1. The van der Waals surface area contributed by atoms with Gasteiger partial charge in [-0.25, -0.2) is 0 Å². The number of methoxy groups -OCH3 is 1. The predicted octanol–water partition coefficient (Wildman–Crippen LogP) is 0.744. The highest BCUT2D eigenvalue weighted by Crippen LogP contribution is 1.98. The van der Waals surface area contributed by atoms with Gasteiger partial charge in [-0.1, -0.05) is 5.11 Å². The van der Waals surface area contributed by atoms with Crippen molar-refractivity contribution in [3.63, 3.8) is 0 Å². The van der Waals surface area contributed by atoms with Gasteiger partial charge in [0.15, 0.2) is 0 Å². The molecule has 0 fully saturated rings. The van der Waals surface area contributed by atoms with Gasteiger partial charge in [0.1, 0.15) is 0 Å². The number of ether oxygens (including phenoxy) is 4. The Labute approximate surface area is 113 Å². The Morgan fingerprint density at radius 3 is 2.32 bits per heavy atom. The van der Waals surface area contributed by atoms with Gasteiger partial charge >= 0.3 is 0 Å². The second-order valence-corrected chi connectivity index (χ2v) is 3.62. The molecule has 0 aliphatic carbocycles. The summed E-state index contributed by atoms with van der Waals surface area (Å²) in [7, 11) is 1.60. The normalized spacial score (nSPS) is 12.1. The van der Waals surface area contributed by atoms with Crippen molar-refractivity contribution >= 4 is 0 Å². The molecule has 19 heavy (non-hydrogen) atoms. The summed E-state index contributed by atoms with van der Waals surface area (Å²) in [5, 5.41) is 11.9. The standard InChI is InChI=1S/C11H23N3O5/c1-16-11(2-3-13-14-12)10-19-9-8-18-7-6-17-5-4-15/h11,15H,2-10H2,1H3. The molecule has 0 rings (SSSR count). The molecule has 0 radical (unpaired) electrons. The SMILES string of the molecule is COC(CCN=[N+]=[N-])COCCOCCOCCO. The van der Waals surface area contributed by atoms with Crippen molar-refractivity contribution in [2.75, 3.05) is 59.9 Å². The highest BCUT2D eigenvalue weighted by Gasteiger charge is 2.06. The number of nitrogens with zero attached hydrogens (tertiary/aromatic N) is 3. The average molecular weight is 277 g/mol. The van der Waals surface area contributed by atoms with E-state index in [9.17, 15) is 0 Å². The van der Waals surface area contributed by atoms with Crippen LogP contribution in [0, 0.1) is 0 Å². The van der Waals surface area contributed by atoms with E-state index in [0.29, 0.717) is 52.6 Å². The quantitative estimate of drug-likeness (QED) is 0.218. The van der Waals surface area contributed by atoms with Crippen LogP contribution >= 0.6 is 0 Å². The number of hydrogen-bond donors (Lipinski definition) is 1. The van der Waals surface area contributed by atoms with Gasteiger partial charge in [0.05, 0.1) is 52.4 Å². The molecular formula is C11H23N3O5. The highest BCUT2D eigenvalue weighted by atomic mass is 16.6. The van der Waals surface area contributed by atoms with Crippen LogP contribution in [0.4, 0.5) is 0 Å². The Balaban J connectivity index is 3.28. The molecular weight excluding hydrogens is 254 g/mol. The van der Waals surface area contributed by atoms with Crippen LogP contribution < -0.4 is 0 Å². The van der Waals surface area contributed by atoms with E-state index in [4.69, 9.17) is 29.6 Å². The van der Waals surface area contributed by atoms with Crippen molar-refractivity contribution in [3.8, 4) is 0 Å². The van der Waals surface area contributed by atoms with E-state index in [-0.39, 0.29) is 12.7 Å². The minimum absolute atomic E-state index is 0.0252. The van der Waals surface area contributed by atoms with Gasteiger partial charge in [0.25, 0.3) is 0 Å². The van der Waals surface area contributed by atoms with E-state index in [1.165, 1.54) is 0 Å². The maximum Gasteiger partial charge on any atom is 0.0806 e. The first-order valence-electron chi connectivity index (χ1n) is 6.22. The highest BCUT2D eigenvalue weighted by molar-refractivity contribution is 4.59. The minimum Gasteiger partial charge on any atom is -0.394 e. The molecule has 8 nitrogen and oxygen atoms in total. The molecule has 0 aliphatic heterocycles. The largest absolute Gasteiger partial charge is 0.394 e. The van der Waals surface area contributed by atoms with Gasteiger partial charge in [0.2, 0.25) is 0 Å². The summed E-state index contributed by atoms with van der Waals surface area (Å²) >= 11 is 0. The molecule has 0 aromatic heterocycles. The Hall–Kier alpha value is -0.890. The van der Waals surface area contributed by atoms with Crippen molar-refractivity contribution in [2.24, 2.45) is 5.11 Å². The fourth-order valence-electron chi connectivity index (χ4n) is 1.23. The van der Waals surface area contributed by atoms with Crippen molar-refractivity contribution < 1.29 is 24.1 Å². The lowest BCUT2D eigenvalue weighted by molar-refractivity contribution is -0.0248. The van der Waals surface area contributed by atoms with Crippen molar-refractivity contribution in [2.45, 2.75) is 12.5 Å². The third-order valence-corrected chi connectivity index (χ3v) is 2.23. The molecule has 1 unspecified atom stereocenters. The van der Waals surface area contributed by atoms with Crippen LogP contribution in [0.1, 0.15) is 6.42 Å². The summed E-state index contributed by atoms with van der Waals surface area (Å²) in [5.41, 5.74) is 8.15. The third kappa shape index (κ3) is 13.3. The van der Waals surface area contributed by atoms with E-state index >= 15 is 0 Å². The zero-order valence-corrected chi connectivity index (χ0v) is 11.4. The monoisotopic (exact) mass is 277 g/mol. The number of aliphatic hydroxyl groups excluding tert-OH is 1. The van der Waals surface area contributed by atoms with Gasteiger partial charge in [-0.2, -0.15) is 0 Å². The summed E-state index contributed by atoms with van der Waals surface area (Å²) in [6, 6.07) is 0. The first-order chi connectivity index (χ1) is 9.35. The van der Waals surface area contributed by atoms with Gasteiger partial charge in [0, 0.05) is 18.6 Å². The minimum atomic E-state index is -0.0709. The Kier molecular flexibility index (Phi) is 14.5. The summed E-state index contributed by atoms with van der Waals surface area (Å²) in [4.78, 5) is 2.67. The third-order valence-electron chi connectivity index (χ3n) is 2.23. The van der Waals surface area contributed by atoms with Crippen molar-refractivity contribution in [1.29, 1.82) is 0 Å². The number of rotatable bonds is 14. The summed E-state index contributed by atoms with van der Waals surface area (Å²) in [6.07, 6.45) is 0.564. The molecule has 0 saturated heterocycles. The Bertz CT molecular complexity index is 236. The number of hydrogen-bond acceptors (Lipinski definition) is 6. The van der Waals surface area contributed by atoms with Crippen LogP contribution in [-0.2, 0) is 18.9 Å². The van der Waals surface area contributed by atoms with Crippen molar-refractivity contribution in [1.82, 2.24) is 0 Å². The smallest absolute Gasteiger partial charge is 0.0806 e. The molecule has 0 aromatic rings. The topological polar surface area (TPSA) is 106 Å². The number of azide groups is 1. The van der Waals surface area contributed by atoms with E-state index in [0.717, 1.165) is 0 Å². The molecule has 1 atom stereocenters. The molecule has 112 valence electrons. The predicted molar refractivity (Wildman–Crippen MR) is 69.0 cm³/mol. The molecule has 1 N–H and O–H groups in total. The molecule has 0 spiro atoms. The lowest BCUT2D eigenvalue weighted by atomic mass is 10.3. The maximum atomic E-state index is 8.47. The van der Waals surface area contributed by atoms with E-state index in [2.05, 4.69) is 10.0 Å². The molecule has 0 amide bonds. The van der Waals surface area contributed by atoms with Crippen LogP contribution in [0.3, 0.4) is 0 Å². The Morgan fingerprint density at radius 1 is 1.11 bits per heavy atom. The van der Waals surface area contributed by atoms with E-state index in [1.54, 1.807) is 7.11 Å². The summed E-state index contributed by atoms with van der Waals surface area (Å²) in [6.45, 7) is 3.11. The Morgan fingerprint density at radius 2 is 1.74 bits per heavy atom. The molecule has 0 saturated carbocycles. The van der Waals surface area contributed by atoms with Gasteiger partial charge in [-0.05, 0) is 12.0 Å². The molecule has 0 aromatic carbocycles. The van der Waals surface area contributed by atoms with Crippen LogP contribution in [0.5, 0.6) is 0 Å². The second kappa shape index (κ2) is 15.2. The lowest BCUT2D eigenvalue weighted by Crippen LogP contribution is -2.21. The van der Waals surface area contributed by atoms with Gasteiger partial charge < -0.3 is 24.1 Å². The van der Waals surface area contributed by atoms with Crippen LogP contribution in [0.25, 0.3) is 10.4 Å². The van der Waals surface area contributed by atoms with Gasteiger partial charge in [-0.3, -0.25) is 0 Å². The van der Waals surface area contributed by atoms with E-state index in [1.807, 2.05) is 0 Å². The zero-order chi connectivity index (χ0) is 14.2. The zero-order valence-electron chi connectivity index (χ0n) is 11.4. The second-order valence-electron chi connectivity index (χ2n) is 3.62. The molecule has 0 heterocycles. The van der Waals surface area contributed by atoms with Crippen LogP contribution in [0.15, 0.2) is 5.11 Å². The van der Waals surface area contributed by atoms with Crippen molar-refractivity contribution in [3.05, 3.63) is 10.4 Å². The van der Waals surface area contributed by atoms with Crippen LogP contribution in [-0.4, -0.2) is 71.1 Å². The fourth-order valence-corrected chi connectivity index (χ4v) is 1.23. The molecule has 8 heteroatoms. The molecule has 0 bridgehead atoms. The fraction of sp³-hybridized carbons (Fsp3) is 1.00. The maximum absolute atomic E-state index is 8.47. The lowest BCUT2D eigenvalue weighted by Gasteiger charge is -2.14. The average Bonchev–Trinajstić information content (AvgIpc) is 2.43. The molecule has 0 aliphatic rings. The van der Waals surface area contributed by atoms with Crippen LogP contribution in [0.2, 0.25) is 0 Å². The first-order valence-corrected chi connectivity index (χ1v) is 6.22. The van der Waals surface area contributed by atoms with E-state index < -0.39 is 0 Å². The summed E-state index contributed by atoms with van der Waals surface area (Å²) < 4.78 is 20.8. The summed E-state index contributed by atoms with van der Waals surface area (Å²) in [5.74, 6) is 0.